The molecule has 2 N–H and O–H groups in total. The maximum atomic E-state index is 8.86. The predicted octanol–water partition coefficient (Wildman–Crippen LogP) is 5.16. The number of rotatable bonds is 3. The van der Waals surface area contributed by atoms with Gasteiger partial charge in [-0.3, -0.25) is 0 Å². The molecule has 0 heterocycles. The van der Waals surface area contributed by atoms with Crippen molar-refractivity contribution in [2.75, 3.05) is 0 Å². The zero-order valence-electron chi connectivity index (χ0n) is 14.4. The average molecular weight is 296 g/mol. The van der Waals surface area contributed by atoms with Gasteiger partial charge < -0.3 is 5.73 Å². The Balaban J connectivity index is 0.00000102. The summed E-state index contributed by atoms with van der Waals surface area (Å²) in [6, 6.07) is 18.0. The van der Waals surface area contributed by atoms with Crippen LogP contribution in [0.5, 0.6) is 0 Å². The lowest BCUT2D eigenvalue weighted by molar-refractivity contribution is 0.847. The highest BCUT2D eigenvalue weighted by atomic mass is 14.6. The lowest BCUT2D eigenvalue weighted by Gasteiger charge is -2.17. The van der Waals surface area contributed by atoms with Gasteiger partial charge in [0.2, 0.25) is 0 Å². The summed E-state index contributed by atoms with van der Waals surface area (Å²) in [6.45, 7) is 10.1. The molecular weight excluding hydrogens is 268 g/mol. The van der Waals surface area contributed by atoms with Crippen LogP contribution in [0.4, 0.5) is 0 Å². The number of nitrogens with zero attached hydrogens (tertiary/aromatic N) is 1. The Morgan fingerprint density at radius 3 is 1.95 bits per heavy atom. The van der Waals surface area contributed by atoms with Crippen LogP contribution < -0.4 is 5.73 Å². The zero-order chi connectivity index (χ0) is 17.0. The van der Waals surface area contributed by atoms with Crippen molar-refractivity contribution in [3.63, 3.8) is 0 Å². The fourth-order valence-electron chi connectivity index (χ4n) is 2.19. The van der Waals surface area contributed by atoms with E-state index in [1.807, 2.05) is 70.2 Å². The molecule has 0 fully saturated rings. The quantitative estimate of drug-likeness (QED) is 0.850. The van der Waals surface area contributed by atoms with Gasteiger partial charge in [-0.2, -0.15) is 5.26 Å². The van der Waals surface area contributed by atoms with Crippen LogP contribution in [0.3, 0.4) is 0 Å². The summed E-state index contributed by atoms with van der Waals surface area (Å²) in [7, 11) is 0. The molecule has 118 valence electrons. The predicted molar refractivity (Wildman–Crippen MR) is 95.7 cm³/mol. The Bertz CT molecular complexity index is 582. The van der Waals surface area contributed by atoms with E-state index in [1.165, 1.54) is 5.56 Å². The van der Waals surface area contributed by atoms with Gasteiger partial charge in [0.05, 0.1) is 18.5 Å². The molecule has 1 unspecified atom stereocenters. The lowest BCUT2D eigenvalue weighted by Crippen LogP contribution is -2.15. The van der Waals surface area contributed by atoms with E-state index in [-0.39, 0.29) is 6.04 Å². The van der Waals surface area contributed by atoms with E-state index in [0.29, 0.717) is 6.42 Å². The highest BCUT2D eigenvalue weighted by Gasteiger charge is 2.14. The first-order valence-corrected chi connectivity index (χ1v) is 8.00. The van der Waals surface area contributed by atoms with Crippen molar-refractivity contribution < 1.29 is 0 Å². The molecule has 0 aromatic heterocycles. The van der Waals surface area contributed by atoms with Gasteiger partial charge >= 0.3 is 0 Å². The van der Waals surface area contributed by atoms with Crippen molar-refractivity contribution in [2.45, 2.75) is 47.1 Å². The number of nitriles is 1. The average Bonchev–Trinajstić information content (AvgIpc) is 2.59. The van der Waals surface area contributed by atoms with Crippen molar-refractivity contribution >= 4 is 0 Å². The summed E-state index contributed by atoms with van der Waals surface area (Å²) in [6.07, 6.45) is 0.399. The number of benzene rings is 2. The standard InChI is InChI=1S/C16H16N2.2C2H6/c1-12-6-2-4-8-14(12)16(18)15-9-5-3-7-13(15)10-11-17;2*1-2/h2-9,16H,10,18H2,1H3;2*1-2H3. The third-order valence-corrected chi connectivity index (χ3v) is 3.18. The van der Waals surface area contributed by atoms with Gasteiger partial charge in [0, 0.05) is 0 Å². The topological polar surface area (TPSA) is 49.8 Å². The van der Waals surface area contributed by atoms with Gasteiger partial charge in [0.15, 0.2) is 0 Å². The molecule has 22 heavy (non-hydrogen) atoms. The minimum atomic E-state index is -0.171. The van der Waals surface area contributed by atoms with Crippen molar-refractivity contribution in [1.82, 2.24) is 0 Å². The Kier molecular flexibility index (Phi) is 10.4. The summed E-state index contributed by atoms with van der Waals surface area (Å²) in [5.41, 5.74) is 10.7. The van der Waals surface area contributed by atoms with E-state index in [4.69, 9.17) is 11.0 Å². The molecule has 0 spiro atoms. The molecule has 0 radical (unpaired) electrons. The maximum absolute atomic E-state index is 8.86. The second-order valence-corrected chi connectivity index (χ2v) is 4.37. The first-order chi connectivity index (χ1) is 10.7. The highest BCUT2D eigenvalue weighted by Crippen LogP contribution is 2.25. The van der Waals surface area contributed by atoms with E-state index in [2.05, 4.69) is 19.1 Å². The first-order valence-electron chi connectivity index (χ1n) is 8.00. The lowest BCUT2D eigenvalue weighted by atomic mass is 9.92. The Labute approximate surface area is 135 Å². The number of nitrogens with two attached hydrogens (primary N) is 1. The van der Waals surface area contributed by atoms with Gasteiger partial charge in [-0.25, -0.2) is 0 Å². The second kappa shape index (κ2) is 11.5. The third kappa shape index (κ3) is 5.35. The first kappa shape index (κ1) is 19.9. The van der Waals surface area contributed by atoms with Crippen LogP contribution in [0.25, 0.3) is 0 Å². The molecule has 0 aliphatic carbocycles. The highest BCUT2D eigenvalue weighted by molar-refractivity contribution is 5.41. The zero-order valence-corrected chi connectivity index (χ0v) is 14.4. The summed E-state index contributed by atoms with van der Waals surface area (Å²) in [5, 5.41) is 8.86. The summed E-state index contributed by atoms with van der Waals surface area (Å²) < 4.78 is 0. The van der Waals surface area contributed by atoms with Gasteiger partial charge in [-0.05, 0) is 29.2 Å². The Morgan fingerprint density at radius 2 is 1.41 bits per heavy atom. The van der Waals surface area contributed by atoms with Gasteiger partial charge in [-0.15, -0.1) is 0 Å². The molecule has 0 bridgehead atoms. The minimum absolute atomic E-state index is 0.171. The van der Waals surface area contributed by atoms with Crippen molar-refractivity contribution in [2.24, 2.45) is 5.73 Å². The summed E-state index contributed by atoms with van der Waals surface area (Å²) in [5.74, 6) is 0. The molecule has 0 saturated heterocycles. The monoisotopic (exact) mass is 296 g/mol. The summed E-state index contributed by atoms with van der Waals surface area (Å²) in [4.78, 5) is 0. The van der Waals surface area contributed by atoms with Crippen LogP contribution in [0.15, 0.2) is 48.5 Å². The van der Waals surface area contributed by atoms with E-state index in [9.17, 15) is 0 Å². The van der Waals surface area contributed by atoms with E-state index >= 15 is 0 Å². The smallest absolute Gasteiger partial charge is 0.0669 e. The van der Waals surface area contributed by atoms with E-state index < -0.39 is 0 Å². The molecule has 1 atom stereocenters. The molecule has 2 rings (SSSR count). The minimum Gasteiger partial charge on any atom is -0.320 e. The molecule has 0 amide bonds. The van der Waals surface area contributed by atoms with Crippen LogP contribution in [-0.4, -0.2) is 0 Å². The molecule has 2 aromatic carbocycles. The fourth-order valence-corrected chi connectivity index (χ4v) is 2.19. The number of hydrogen-bond donors (Lipinski definition) is 1. The molecule has 0 saturated carbocycles. The third-order valence-electron chi connectivity index (χ3n) is 3.18. The Hall–Kier alpha value is -2.11. The van der Waals surface area contributed by atoms with Gasteiger partial charge in [0.25, 0.3) is 0 Å². The Morgan fingerprint density at radius 1 is 0.909 bits per heavy atom. The van der Waals surface area contributed by atoms with Crippen molar-refractivity contribution in [3.05, 3.63) is 70.8 Å². The molecule has 2 heteroatoms. The normalized spacial score (nSPS) is 10.2. The van der Waals surface area contributed by atoms with Crippen LogP contribution in [0.1, 0.15) is 56.0 Å². The molecule has 2 aromatic rings. The van der Waals surface area contributed by atoms with Crippen molar-refractivity contribution in [3.8, 4) is 6.07 Å². The van der Waals surface area contributed by atoms with E-state index in [1.54, 1.807) is 0 Å². The van der Waals surface area contributed by atoms with Crippen LogP contribution in [0, 0.1) is 18.3 Å². The second-order valence-electron chi connectivity index (χ2n) is 4.37. The SMILES string of the molecule is CC.CC.Cc1ccccc1C(N)c1ccccc1CC#N. The number of hydrogen-bond acceptors (Lipinski definition) is 2. The van der Waals surface area contributed by atoms with Crippen LogP contribution in [0.2, 0.25) is 0 Å². The van der Waals surface area contributed by atoms with Crippen LogP contribution >= 0.6 is 0 Å². The molecular formula is C20H28N2. The molecule has 2 nitrogen and oxygen atoms in total. The molecule has 0 aliphatic heterocycles. The van der Waals surface area contributed by atoms with Crippen molar-refractivity contribution in [1.29, 1.82) is 5.26 Å². The fraction of sp³-hybridized carbons (Fsp3) is 0.350. The largest absolute Gasteiger partial charge is 0.320 e. The van der Waals surface area contributed by atoms with E-state index in [0.717, 1.165) is 16.7 Å². The maximum Gasteiger partial charge on any atom is 0.0669 e. The molecule has 0 aliphatic rings. The number of aryl methyl sites for hydroxylation is 1. The van der Waals surface area contributed by atoms with Gasteiger partial charge in [0.1, 0.15) is 0 Å². The van der Waals surface area contributed by atoms with Crippen LogP contribution in [-0.2, 0) is 6.42 Å². The summed E-state index contributed by atoms with van der Waals surface area (Å²) >= 11 is 0. The van der Waals surface area contributed by atoms with Gasteiger partial charge in [-0.1, -0.05) is 76.2 Å².